The minimum atomic E-state index is -0.251. The first-order valence-corrected chi connectivity index (χ1v) is 9.95. The van der Waals surface area contributed by atoms with Crippen molar-refractivity contribution in [1.82, 2.24) is 9.97 Å². The van der Waals surface area contributed by atoms with Crippen LogP contribution >= 0.6 is 11.8 Å². The summed E-state index contributed by atoms with van der Waals surface area (Å²) in [7, 11) is 0. The van der Waals surface area contributed by atoms with Gasteiger partial charge in [-0.15, -0.1) is 0 Å². The summed E-state index contributed by atoms with van der Waals surface area (Å²) in [4.78, 5) is 20.6. The Labute approximate surface area is 164 Å². The first kappa shape index (κ1) is 19.2. The van der Waals surface area contributed by atoms with Crippen molar-refractivity contribution in [3.8, 4) is 0 Å². The predicted molar refractivity (Wildman–Crippen MR) is 112 cm³/mol. The molecule has 0 aliphatic heterocycles. The molecule has 0 spiro atoms. The van der Waals surface area contributed by atoms with Crippen LogP contribution in [0.1, 0.15) is 35.0 Å². The highest BCUT2D eigenvalue weighted by molar-refractivity contribution is 8.00. The molecule has 4 nitrogen and oxygen atoms in total. The second kappa shape index (κ2) is 8.44. The van der Waals surface area contributed by atoms with Crippen LogP contribution in [-0.2, 0) is 11.2 Å². The summed E-state index contributed by atoms with van der Waals surface area (Å²) >= 11 is 1.45. The molecule has 5 heteroatoms. The van der Waals surface area contributed by atoms with Crippen LogP contribution in [0.25, 0.3) is 0 Å². The van der Waals surface area contributed by atoms with Crippen molar-refractivity contribution in [3.05, 3.63) is 76.6 Å². The number of carbonyl (C=O) groups is 1. The normalized spacial score (nSPS) is 12.0. The third-order valence-corrected chi connectivity index (χ3v) is 5.55. The van der Waals surface area contributed by atoms with Crippen LogP contribution in [-0.4, -0.2) is 21.1 Å². The Balaban J connectivity index is 1.66. The first-order chi connectivity index (χ1) is 12.9. The Hall–Kier alpha value is -2.53. The van der Waals surface area contributed by atoms with Crippen LogP contribution in [0.2, 0.25) is 0 Å². The number of aromatic nitrogens is 2. The van der Waals surface area contributed by atoms with Crippen LogP contribution in [0.3, 0.4) is 0 Å². The molecule has 1 atom stereocenters. The lowest BCUT2D eigenvalue weighted by Crippen LogP contribution is -2.23. The van der Waals surface area contributed by atoms with Gasteiger partial charge in [0, 0.05) is 17.8 Å². The number of rotatable bonds is 6. The van der Waals surface area contributed by atoms with E-state index in [4.69, 9.17) is 4.98 Å². The van der Waals surface area contributed by atoms with E-state index >= 15 is 0 Å². The second-order valence-corrected chi connectivity index (χ2v) is 8.12. The maximum atomic E-state index is 12.6. The Morgan fingerprint density at radius 1 is 1.07 bits per heavy atom. The van der Waals surface area contributed by atoms with Crippen LogP contribution in [0, 0.1) is 20.8 Å². The number of H-pyrrole nitrogens is 1. The Bertz CT molecular complexity index is 914. The van der Waals surface area contributed by atoms with Crippen LogP contribution in [0.4, 0.5) is 5.69 Å². The van der Waals surface area contributed by atoms with Gasteiger partial charge in [0.15, 0.2) is 5.16 Å². The van der Waals surface area contributed by atoms with Gasteiger partial charge in [-0.3, -0.25) is 4.79 Å². The highest BCUT2D eigenvalue weighted by Crippen LogP contribution is 2.25. The number of amides is 1. The number of hydrogen-bond acceptors (Lipinski definition) is 3. The van der Waals surface area contributed by atoms with Gasteiger partial charge in [-0.05, 0) is 44.4 Å². The molecular formula is C22H25N3OS. The molecule has 0 fully saturated rings. The number of imidazole rings is 1. The molecule has 1 aromatic heterocycles. The number of benzene rings is 2. The molecule has 3 rings (SSSR count). The van der Waals surface area contributed by atoms with E-state index in [0.29, 0.717) is 0 Å². The van der Waals surface area contributed by atoms with Gasteiger partial charge < -0.3 is 10.3 Å². The van der Waals surface area contributed by atoms with E-state index in [1.165, 1.54) is 17.3 Å². The van der Waals surface area contributed by atoms with Crippen molar-refractivity contribution >= 4 is 23.4 Å². The SMILES string of the molecule is Cc1cccc(C)c1NC(=O)C(C)Sc1nc(Cc2ccccc2)c(C)[nH]1. The Kier molecular flexibility index (Phi) is 6.01. The maximum absolute atomic E-state index is 12.6. The lowest BCUT2D eigenvalue weighted by atomic mass is 10.1. The summed E-state index contributed by atoms with van der Waals surface area (Å²) < 4.78 is 0. The molecule has 27 heavy (non-hydrogen) atoms. The molecule has 0 aliphatic rings. The summed E-state index contributed by atoms with van der Waals surface area (Å²) in [5, 5.41) is 3.59. The number of thioether (sulfide) groups is 1. The summed E-state index contributed by atoms with van der Waals surface area (Å²) in [5.41, 5.74) is 6.33. The highest BCUT2D eigenvalue weighted by Gasteiger charge is 2.19. The topological polar surface area (TPSA) is 57.8 Å². The number of nitrogens with one attached hydrogen (secondary N) is 2. The predicted octanol–water partition coefficient (Wildman–Crippen LogP) is 5.05. The molecule has 0 radical (unpaired) electrons. The monoisotopic (exact) mass is 379 g/mol. The lowest BCUT2D eigenvalue weighted by molar-refractivity contribution is -0.115. The van der Waals surface area contributed by atoms with Crippen molar-refractivity contribution in [3.63, 3.8) is 0 Å². The number of hydrogen-bond donors (Lipinski definition) is 2. The molecule has 1 unspecified atom stereocenters. The Morgan fingerprint density at radius 3 is 2.41 bits per heavy atom. The molecule has 0 saturated carbocycles. The molecule has 1 heterocycles. The third kappa shape index (κ3) is 4.80. The summed E-state index contributed by atoms with van der Waals surface area (Å²) in [6.07, 6.45) is 0.784. The first-order valence-electron chi connectivity index (χ1n) is 9.07. The second-order valence-electron chi connectivity index (χ2n) is 6.79. The molecule has 0 saturated heterocycles. The van der Waals surface area contributed by atoms with E-state index in [1.807, 2.05) is 64.1 Å². The quantitative estimate of drug-likeness (QED) is 0.590. The van der Waals surface area contributed by atoms with Crippen LogP contribution in [0.15, 0.2) is 53.7 Å². The molecule has 0 aliphatic carbocycles. The van der Waals surface area contributed by atoms with Gasteiger partial charge in [0.25, 0.3) is 0 Å². The van der Waals surface area contributed by atoms with Crippen LogP contribution in [0.5, 0.6) is 0 Å². The zero-order chi connectivity index (χ0) is 19.4. The van der Waals surface area contributed by atoms with Crippen molar-refractivity contribution < 1.29 is 4.79 Å². The number of carbonyl (C=O) groups excluding carboxylic acids is 1. The van der Waals surface area contributed by atoms with Crippen LogP contribution < -0.4 is 5.32 Å². The number of nitrogens with zero attached hydrogens (tertiary/aromatic N) is 1. The van der Waals surface area contributed by atoms with Gasteiger partial charge in [0.1, 0.15) is 0 Å². The molecule has 3 aromatic rings. The van der Waals surface area contributed by atoms with Gasteiger partial charge in [-0.1, -0.05) is 60.3 Å². The average molecular weight is 380 g/mol. The van der Waals surface area contributed by atoms with E-state index in [1.54, 1.807) is 0 Å². The van der Waals surface area contributed by atoms with Crippen molar-refractivity contribution in [1.29, 1.82) is 0 Å². The van der Waals surface area contributed by atoms with Crippen molar-refractivity contribution in [2.24, 2.45) is 0 Å². The van der Waals surface area contributed by atoms with Gasteiger partial charge >= 0.3 is 0 Å². The van der Waals surface area contributed by atoms with E-state index < -0.39 is 0 Å². The number of anilines is 1. The van der Waals surface area contributed by atoms with E-state index in [-0.39, 0.29) is 11.2 Å². The smallest absolute Gasteiger partial charge is 0.237 e. The maximum Gasteiger partial charge on any atom is 0.237 e. The van der Waals surface area contributed by atoms with E-state index in [0.717, 1.165) is 39.8 Å². The zero-order valence-electron chi connectivity index (χ0n) is 16.2. The molecule has 2 N–H and O–H groups in total. The summed E-state index contributed by atoms with van der Waals surface area (Å²) in [6.45, 7) is 7.94. The number of para-hydroxylation sites is 1. The highest BCUT2D eigenvalue weighted by atomic mass is 32.2. The molecule has 2 aromatic carbocycles. The summed E-state index contributed by atoms with van der Waals surface area (Å²) in [5.74, 6) is -0.0175. The minimum Gasteiger partial charge on any atom is -0.337 e. The van der Waals surface area contributed by atoms with Gasteiger partial charge in [-0.2, -0.15) is 0 Å². The fraction of sp³-hybridized carbons (Fsp3) is 0.273. The van der Waals surface area contributed by atoms with Crippen molar-refractivity contribution in [2.75, 3.05) is 5.32 Å². The van der Waals surface area contributed by atoms with Gasteiger partial charge in [-0.25, -0.2) is 4.98 Å². The minimum absolute atomic E-state index is 0.0175. The zero-order valence-corrected chi connectivity index (χ0v) is 17.0. The Morgan fingerprint density at radius 2 is 1.74 bits per heavy atom. The number of aromatic amines is 1. The van der Waals surface area contributed by atoms with Gasteiger partial charge in [0.2, 0.25) is 5.91 Å². The van der Waals surface area contributed by atoms with E-state index in [2.05, 4.69) is 22.4 Å². The molecular weight excluding hydrogens is 354 g/mol. The summed E-state index contributed by atoms with van der Waals surface area (Å²) in [6, 6.07) is 16.3. The number of aryl methyl sites for hydroxylation is 3. The lowest BCUT2D eigenvalue weighted by Gasteiger charge is -2.14. The molecule has 0 bridgehead atoms. The molecule has 140 valence electrons. The third-order valence-electron chi connectivity index (χ3n) is 4.57. The van der Waals surface area contributed by atoms with Crippen molar-refractivity contribution in [2.45, 2.75) is 44.5 Å². The average Bonchev–Trinajstić information content (AvgIpc) is 2.98. The largest absolute Gasteiger partial charge is 0.337 e. The standard InChI is InChI=1S/C22H25N3OS/c1-14-9-8-10-15(2)20(14)25-21(26)17(4)27-22-23-16(3)19(24-22)13-18-11-6-5-7-12-18/h5-12,17H,13H2,1-4H3,(H,23,24)(H,25,26). The fourth-order valence-electron chi connectivity index (χ4n) is 2.94. The van der Waals surface area contributed by atoms with E-state index in [9.17, 15) is 4.79 Å². The fourth-order valence-corrected chi connectivity index (χ4v) is 3.82. The molecule has 1 amide bonds. The van der Waals surface area contributed by atoms with Gasteiger partial charge in [0.05, 0.1) is 10.9 Å².